The lowest BCUT2D eigenvalue weighted by Crippen LogP contribution is -2.59. The van der Waals surface area contributed by atoms with Crippen LogP contribution in [0.25, 0.3) is 0 Å². The first-order valence-corrected chi connectivity index (χ1v) is 21.9. The molecule has 2 bridgehead atoms. The molecule has 0 unspecified atom stereocenters. The van der Waals surface area contributed by atoms with E-state index in [1.54, 1.807) is 13.0 Å². The summed E-state index contributed by atoms with van der Waals surface area (Å²) in [5.74, 6) is 0.418. The number of nitrogens with one attached hydrogen (secondary N) is 1. The highest BCUT2D eigenvalue weighted by atomic mass is 35.5. The number of benzene rings is 2. The van der Waals surface area contributed by atoms with Crippen LogP contribution in [0.15, 0.2) is 73.1 Å². The number of anilines is 2. The van der Waals surface area contributed by atoms with Gasteiger partial charge in [0.2, 0.25) is 10.0 Å². The Morgan fingerprint density at radius 3 is 2.56 bits per heavy atom. The lowest BCUT2D eigenvalue weighted by molar-refractivity contribution is -0.0919. The molecule has 1 saturated carbocycles. The summed E-state index contributed by atoms with van der Waals surface area (Å²) in [5.41, 5.74) is 4.03. The zero-order chi connectivity index (χ0) is 38.4. The zero-order valence-corrected chi connectivity index (χ0v) is 33.8. The predicted octanol–water partition coefficient (Wildman–Crippen LogP) is 6.49. The highest BCUT2D eigenvalue weighted by molar-refractivity contribution is 7.90. The Hall–Kier alpha value is -3.64. The molecule has 1 aromatic heterocycles. The molecule has 5 aliphatic rings. The number of ether oxygens (including phenoxy) is 2. The van der Waals surface area contributed by atoms with Crippen LogP contribution in [0.3, 0.4) is 0 Å². The molecular weight excluding hydrogens is 734 g/mol. The largest absolute Gasteiger partial charge is 0.490 e. The molecule has 8 rings (SSSR count). The number of methoxy groups -OCH3 is 1. The number of halogens is 1. The Balaban J connectivity index is 1.16. The number of sulfonamides is 1. The summed E-state index contributed by atoms with van der Waals surface area (Å²) < 4.78 is 43.1. The first-order chi connectivity index (χ1) is 26.5. The van der Waals surface area contributed by atoms with E-state index in [1.165, 1.54) is 16.8 Å². The maximum Gasteiger partial charge on any atom is 0.264 e. The number of aromatic nitrogens is 1. The van der Waals surface area contributed by atoms with Gasteiger partial charge < -0.3 is 19.3 Å². The molecule has 1 saturated heterocycles. The number of hydrogen-bond donors (Lipinski definition) is 1. The van der Waals surface area contributed by atoms with Gasteiger partial charge in [0.15, 0.2) is 0 Å². The second-order valence-corrected chi connectivity index (χ2v) is 19.1. The molecule has 1 amide bonds. The van der Waals surface area contributed by atoms with Gasteiger partial charge in [0.1, 0.15) is 11.4 Å². The number of carbonyl (C=O) groups is 1. The quantitative estimate of drug-likeness (QED) is 0.298. The molecule has 4 heterocycles. The number of amides is 1. The predicted molar refractivity (Wildman–Crippen MR) is 218 cm³/mol. The van der Waals surface area contributed by atoms with Crippen molar-refractivity contribution in [1.82, 2.24) is 14.6 Å². The van der Waals surface area contributed by atoms with E-state index in [0.717, 1.165) is 82.1 Å². The molecule has 3 aromatic rings. The highest BCUT2D eigenvalue weighted by Gasteiger charge is 2.50. The fraction of sp³-hybridized carbons (Fsp3) is 0.535. The van der Waals surface area contributed by atoms with Crippen molar-refractivity contribution in [2.24, 2.45) is 17.8 Å². The van der Waals surface area contributed by atoms with E-state index in [9.17, 15) is 13.2 Å². The Morgan fingerprint density at radius 1 is 1.02 bits per heavy atom. The third-order valence-electron chi connectivity index (χ3n) is 13.5. The van der Waals surface area contributed by atoms with Crippen molar-refractivity contribution in [2.75, 3.05) is 69.3 Å². The van der Waals surface area contributed by atoms with Gasteiger partial charge in [0.05, 0.1) is 17.5 Å². The summed E-state index contributed by atoms with van der Waals surface area (Å²) in [6.45, 7) is 10.0. The molecule has 1 spiro atoms. The Morgan fingerprint density at radius 2 is 1.82 bits per heavy atom. The molecule has 2 aliphatic carbocycles. The lowest BCUT2D eigenvalue weighted by Gasteiger charge is -2.52. The number of piperazine rings is 1. The first-order valence-electron chi connectivity index (χ1n) is 20.0. The summed E-state index contributed by atoms with van der Waals surface area (Å²) in [6, 6.07) is 15.8. The molecule has 3 aliphatic heterocycles. The Kier molecular flexibility index (Phi) is 10.7. The third kappa shape index (κ3) is 7.49. The van der Waals surface area contributed by atoms with Crippen LogP contribution in [0.2, 0.25) is 5.02 Å². The zero-order valence-electron chi connectivity index (χ0n) is 32.3. The number of carbonyl (C=O) groups excluding carboxylic acids is 1. The van der Waals surface area contributed by atoms with Crippen LogP contribution in [0.5, 0.6) is 5.75 Å². The van der Waals surface area contributed by atoms with E-state index in [2.05, 4.69) is 60.8 Å². The Bertz CT molecular complexity index is 2020. The number of pyridine rings is 1. The van der Waals surface area contributed by atoms with Crippen molar-refractivity contribution in [3.05, 3.63) is 94.8 Å². The van der Waals surface area contributed by atoms with E-state index < -0.39 is 26.8 Å². The van der Waals surface area contributed by atoms with E-state index in [1.807, 2.05) is 44.6 Å². The normalized spacial score (nSPS) is 31.6. The van der Waals surface area contributed by atoms with Gasteiger partial charge in [-0.3, -0.25) is 14.7 Å². The number of hydrogen-bond acceptors (Lipinski definition) is 9. The van der Waals surface area contributed by atoms with E-state index in [4.69, 9.17) is 21.1 Å². The van der Waals surface area contributed by atoms with Crippen LogP contribution in [-0.4, -0.2) is 94.6 Å². The number of aryl methyl sites for hydroxylation is 1. The SMILES string of the molecule is CO[C@@]1(CN2CCN(c3ccncc3)CC2)/C=C/C[C@H](C)[C@@H](C)S(=O)(=O)NC(=O)c2ccc3c(c2)N(C[C@@H]2CC[C@H]21)C[C@@]1(CCCc2cc(Cl)ccc21)CO3. The van der Waals surface area contributed by atoms with Gasteiger partial charge in [0.25, 0.3) is 5.91 Å². The van der Waals surface area contributed by atoms with Crippen molar-refractivity contribution in [3.8, 4) is 5.75 Å². The van der Waals surface area contributed by atoms with Crippen LogP contribution >= 0.6 is 11.6 Å². The molecule has 6 atom stereocenters. The van der Waals surface area contributed by atoms with Crippen LogP contribution < -0.4 is 19.3 Å². The second kappa shape index (κ2) is 15.4. The first kappa shape index (κ1) is 38.2. The average Bonchev–Trinajstić information content (AvgIpc) is 3.32. The highest BCUT2D eigenvalue weighted by Crippen LogP contribution is 2.49. The second-order valence-electron chi connectivity index (χ2n) is 16.7. The van der Waals surface area contributed by atoms with Gasteiger partial charge >= 0.3 is 0 Å². The smallest absolute Gasteiger partial charge is 0.264 e. The third-order valence-corrected chi connectivity index (χ3v) is 15.6. The standard InChI is InChI=1S/C43H54ClN5O5S/c1-30-6-4-17-43(53-3,28-47-20-22-48(23-21-47)36-14-18-45-19-15-36)38-11-8-34(38)26-49-27-42(16-5-7-32-24-35(44)10-12-37(32)42)29-54-40-13-9-33(25-39(40)49)41(50)46-55(51,52)31(30)2/h4,9-10,12-15,17-19,24-25,30-31,34,38H,5-8,11,16,20-23,26-29H2,1-3H3,(H,46,50)/b17-4+/t30-,31+,34-,38+,42-,43+/m0/s1. The van der Waals surface area contributed by atoms with Crippen molar-refractivity contribution < 1.29 is 22.7 Å². The fourth-order valence-electron chi connectivity index (χ4n) is 9.88. The number of allylic oxidation sites excluding steroid dienone is 1. The van der Waals surface area contributed by atoms with Crippen LogP contribution in [-0.2, 0) is 26.6 Å². The van der Waals surface area contributed by atoms with Gasteiger partial charge in [-0.05, 0) is 117 Å². The van der Waals surface area contributed by atoms with Crippen molar-refractivity contribution >= 4 is 38.9 Å². The minimum atomic E-state index is -3.97. The van der Waals surface area contributed by atoms with Crippen molar-refractivity contribution in [3.63, 3.8) is 0 Å². The van der Waals surface area contributed by atoms with Crippen molar-refractivity contribution in [2.45, 2.75) is 68.6 Å². The molecule has 55 heavy (non-hydrogen) atoms. The molecule has 2 aromatic carbocycles. The van der Waals surface area contributed by atoms with E-state index in [-0.39, 0.29) is 17.3 Å². The van der Waals surface area contributed by atoms with Crippen LogP contribution in [0.4, 0.5) is 11.4 Å². The van der Waals surface area contributed by atoms with Gasteiger partial charge in [-0.15, -0.1) is 0 Å². The topological polar surface area (TPSA) is 104 Å². The van der Waals surface area contributed by atoms with Crippen molar-refractivity contribution in [1.29, 1.82) is 0 Å². The number of fused-ring (bicyclic) bond motifs is 4. The lowest BCUT2D eigenvalue weighted by atomic mass is 9.63. The van der Waals surface area contributed by atoms with E-state index >= 15 is 0 Å². The van der Waals surface area contributed by atoms with Gasteiger partial charge in [-0.1, -0.05) is 36.7 Å². The summed E-state index contributed by atoms with van der Waals surface area (Å²) in [5, 5.41) is -0.0444. The molecule has 12 heteroatoms. The number of nitrogens with zero attached hydrogens (tertiary/aromatic N) is 4. The molecule has 1 N–H and O–H groups in total. The molecule has 294 valence electrons. The molecule has 10 nitrogen and oxygen atoms in total. The summed E-state index contributed by atoms with van der Waals surface area (Å²) in [4.78, 5) is 25.3. The summed E-state index contributed by atoms with van der Waals surface area (Å²) in [7, 11) is -2.12. The maximum absolute atomic E-state index is 13.7. The molecule has 2 fully saturated rings. The van der Waals surface area contributed by atoms with Crippen LogP contribution in [0, 0.1) is 17.8 Å². The summed E-state index contributed by atoms with van der Waals surface area (Å²) in [6.07, 6.45) is 13.7. The maximum atomic E-state index is 13.7. The minimum absolute atomic E-state index is 0.231. The molecular formula is C43H54ClN5O5S. The molecule has 0 radical (unpaired) electrons. The average molecular weight is 788 g/mol. The Labute approximate surface area is 331 Å². The fourth-order valence-corrected chi connectivity index (χ4v) is 11.4. The number of rotatable bonds is 4. The van der Waals surface area contributed by atoms with Gasteiger partial charge in [-0.25, -0.2) is 13.1 Å². The summed E-state index contributed by atoms with van der Waals surface area (Å²) >= 11 is 6.51. The van der Waals surface area contributed by atoms with E-state index in [0.29, 0.717) is 36.8 Å². The van der Waals surface area contributed by atoms with Gasteiger partial charge in [-0.2, -0.15) is 0 Å². The minimum Gasteiger partial charge on any atom is -0.490 e. The van der Waals surface area contributed by atoms with Gasteiger partial charge in [0, 0.05) is 87.0 Å². The van der Waals surface area contributed by atoms with Crippen LogP contribution in [0.1, 0.15) is 67.4 Å². The monoisotopic (exact) mass is 787 g/mol.